The lowest BCUT2D eigenvalue weighted by atomic mass is 9.96. The Bertz CT molecular complexity index is 1250. The first-order chi connectivity index (χ1) is 16.3. The van der Waals surface area contributed by atoms with Crippen molar-refractivity contribution in [3.05, 3.63) is 47.5 Å². The van der Waals surface area contributed by atoms with E-state index in [2.05, 4.69) is 11.4 Å². The minimum Gasteiger partial charge on any atom is -0.478 e. The summed E-state index contributed by atoms with van der Waals surface area (Å²) in [6.07, 6.45) is 1.69. The Hall–Kier alpha value is -2.91. The number of piperidine rings is 1. The van der Waals surface area contributed by atoms with Gasteiger partial charge in [-0.25, -0.2) is 8.42 Å². The molecular formula is C25H29N3O5S. The molecule has 3 aliphatic heterocycles. The van der Waals surface area contributed by atoms with Crippen molar-refractivity contribution in [1.29, 1.82) is 0 Å². The van der Waals surface area contributed by atoms with Crippen LogP contribution in [0.25, 0.3) is 0 Å². The molecule has 1 atom stereocenters. The van der Waals surface area contributed by atoms with E-state index in [0.717, 1.165) is 12.1 Å². The van der Waals surface area contributed by atoms with Crippen molar-refractivity contribution in [3.63, 3.8) is 0 Å². The molecule has 8 nitrogen and oxygen atoms in total. The molecule has 0 aliphatic carbocycles. The predicted octanol–water partition coefficient (Wildman–Crippen LogP) is 3.09. The second-order valence-corrected chi connectivity index (χ2v) is 11.1. The summed E-state index contributed by atoms with van der Waals surface area (Å²) in [5.74, 6) is 0.0403. The van der Waals surface area contributed by atoms with Crippen LogP contribution in [0.2, 0.25) is 0 Å². The van der Waals surface area contributed by atoms with Gasteiger partial charge >= 0.3 is 0 Å². The fourth-order valence-corrected chi connectivity index (χ4v) is 6.79. The second-order valence-electron chi connectivity index (χ2n) is 9.16. The number of hydrogen-bond acceptors (Lipinski definition) is 5. The molecule has 1 saturated heterocycles. The summed E-state index contributed by atoms with van der Waals surface area (Å²) in [5.41, 5.74) is 3.19. The zero-order chi connectivity index (χ0) is 24.0. The van der Waals surface area contributed by atoms with Crippen molar-refractivity contribution >= 4 is 33.2 Å². The topological polar surface area (TPSA) is 96.0 Å². The normalized spacial score (nSPS) is 20.9. The Morgan fingerprint density at radius 2 is 1.88 bits per heavy atom. The summed E-state index contributed by atoms with van der Waals surface area (Å²) < 4.78 is 34.2. The molecule has 0 radical (unpaired) electrons. The highest BCUT2D eigenvalue weighted by Gasteiger charge is 2.37. The lowest BCUT2D eigenvalue weighted by Crippen LogP contribution is -2.44. The molecule has 34 heavy (non-hydrogen) atoms. The maximum absolute atomic E-state index is 13.5. The van der Waals surface area contributed by atoms with Crippen LogP contribution < -0.4 is 15.0 Å². The molecule has 1 unspecified atom stereocenters. The van der Waals surface area contributed by atoms with E-state index in [0.29, 0.717) is 55.9 Å². The highest BCUT2D eigenvalue weighted by atomic mass is 32.2. The summed E-state index contributed by atoms with van der Waals surface area (Å²) in [7, 11) is -3.77. The number of sulfonamides is 1. The standard InChI is InChI=1S/C25H29N3O5S/c1-3-21-24(29)26-19-14-16(2)23(15-22(19)33-21)34(31,32)27-11-8-18(9-12-27)25(30)28-13-10-17-6-4-5-7-20(17)28/h4-7,14-15,18,21H,3,8-13H2,1-2H3,(H,26,29). The molecule has 1 fully saturated rings. The van der Waals surface area contributed by atoms with Crippen LogP contribution in [-0.2, 0) is 26.0 Å². The number of aryl methyl sites for hydroxylation is 1. The van der Waals surface area contributed by atoms with E-state index in [1.165, 1.54) is 15.9 Å². The van der Waals surface area contributed by atoms with E-state index < -0.39 is 16.1 Å². The average molecular weight is 484 g/mol. The average Bonchev–Trinajstić information content (AvgIpc) is 3.27. The van der Waals surface area contributed by atoms with Gasteiger partial charge in [0.2, 0.25) is 15.9 Å². The van der Waals surface area contributed by atoms with E-state index in [-0.39, 0.29) is 22.6 Å². The lowest BCUT2D eigenvalue weighted by molar-refractivity contribution is -0.124. The van der Waals surface area contributed by atoms with Crippen LogP contribution in [0.3, 0.4) is 0 Å². The summed E-state index contributed by atoms with van der Waals surface area (Å²) in [6, 6.07) is 11.1. The minimum atomic E-state index is -3.77. The largest absolute Gasteiger partial charge is 0.478 e. The molecule has 9 heteroatoms. The van der Waals surface area contributed by atoms with Gasteiger partial charge in [0.05, 0.1) is 10.6 Å². The Kier molecular flexibility index (Phi) is 5.85. The van der Waals surface area contributed by atoms with Crippen LogP contribution in [0.1, 0.15) is 37.3 Å². The van der Waals surface area contributed by atoms with Gasteiger partial charge in [-0.05, 0) is 55.9 Å². The smallest absolute Gasteiger partial charge is 0.265 e. The van der Waals surface area contributed by atoms with Gasteiger partial charge in [-0.1, -0.05) is 25.1 Å². The van der Waals surface area contributed by atoms with Gasteiger partial charge in [0.15, 0.2) is 6.10 Å². The predicted molar refractivity (Wildman–Crippen MR) is 128 cm³/mol. The Balaban J connectivity index is 1.31. The first-order valence-electron chi connectivity index (χ1n) is 11.8. The maximum atomic E-state index is 13.5. The Morgan fingerprint density at radius 1 is 1.15 bits per heavy atom. The SMILES string of the molecule is CCC1Oc2cc(S(=O)(=O)N3CCC(C(=O)N4CCc5ccccc54)CC3)c(C)cc2NC1=O. The molecule has 1 N–H and O–H groups in total. The molecule has 0 aromatic heterocycles. The van der Waals surface area contributed by atoms with Crippen molar-refractivity contribution in [2.45, 2.75) is 50.5 Å². The monoisotopic (exact) mass is 483 g/mol. The van der Waals surface area contributed by atoms with E-state index >= 15 is 0 Å². The molecule has 2 aromatic rings. The fourth-order valence-electron chi connectivity index (χ4n) is 5.10. The van der Waals surface area contributed by atoms with E-state index in [1.54, 1.807) is 13.0 Å². The third kappa shape index (κ3) is 3.86. The molecule has 0 spiro atoms. The van der Waals surface area contributed by atoms with Crippen molar-refractivity contribution in [3.8, 4) is 5.75 Å². The number of benzene rings is 2. The number of carbonyl (C=O) groups excluding carboxylic acids is 2. The van der Waals surface area contributed by atoms with Gasteiger partial charge in [-0.2, -0.15) is 4.31 Å². The Labute approximate surface area is 199 Å². The number of anilines is 2. The quantitative estimate of drug-likeness (QED) is 0.721. The number of nitrogens with zero attached hydrogens (tertiary/aromatic N) is 2. The number of nitrogens with one attached hydrogen (secondary N) is 1. The van der Waals surface area contributed by atoms with Crippen molar-refractivity contribution in [1.82, 2.24) is 4.31 Å². The van der Waals surface area contributed by atoms with Crippen molar-refractivity contribution in [2.75, 3.05) is 29.9 Å². The van der Waals surface area contributed by atoms with Crippen LogP contribution >= 0.6 is 0 Å². The molecule has 180 valence electrons. The molecule has 3 aliphatic rings. The van der Waals surface area contributed by atoms with Crippen LogP contribution in [0.5, 0.6) is 5.75 Å². The van der Waals surface area contributed by atoms with Gasteiger partial charge in [0.1, 0.15) is 5.75 Å². The second kappa shape index (κ2) is 8.70. The van der Waals surface area contributed by atoms with Gasteiger partial charge < -0.3 is 15.0 Å². The zero-order valence-corrected chi connectivity index (χ0v) is 20.2. The van der Waals surface area contributed by atoms with Crippen LogP contribution in [0.4, 0.5) is 11.4 Å². The van der Waals surface area contributed by atoms with Crippen LogP contribution in [0.15, 0.2) is 41.3 Å². The number of para-hydroxylation sites is 1. The summed E-state index contributed by atoms with van der Waals surface area (Å²) in [5, 5.41) is 2.80. The molecule has 5 rings (SSSR count). The number of carbonyl (C=O) groups is 2. The van der Waals surface area contributed by atoms with E-state index in [4.69, 9.17) is 4.74 Å². The third-order valence-corrected chi connectivity index (χ3v) is 9.08. The third-order valence-electron chi connectivity index (χ3n) is 7.04. The number of amides is 2. The van der Waals surface area contributed by atoms with Crippen molar-refractivity contribution < 1.29 is 22.7 Å². The number of hydrogen-bond donors (Lipinski definition) is 1. The fraction of sp³-hybridized carbons (Fsp3) is 0.440. The maximum Gasteiger partial charge on any atom is 0.265 e. The van der Waals surface area contributed by atoms with Gasteiger partial charge in [0, 0.05) is 37.3 Å². The highest BCUT2D eigenvalue weighted by Crippen LogP contribution is 2.37. The molecule has 0 bridgehead atoms. The summed E-state index contributed by atoms with van der Waals surface area (Å²) >= 11 is 0. The highest BCUT2D eigenvalue weighted by molar-refractivity contribution is 7.89. The first-order valence-corrected chi connectivity index (χ1v) is 13.2. The molecule has 0 saturated carbocycles. The number of rotatable bonds is 4. The lowest BCUT2D eigenvalue weighted by Gasteiger charge is -2.33. The Morgan fingerprint density at radius 3 is 2.62 bits per heavy atom. The van der Waals surface area contributed by atoms with E-state index in [1.807, 2.05) is 30.0 Å². The van der Waals surface area contributed by atoms with E-state index in [9.17, 15) is 18.0 Å². The number of ether oxygens (including phenoxy) is 1. The molecule has 2 aromatic carbocycles. The minimum absolute atomic E-state index is 0.0849. The van der Waals surface area contributed by atoms with Gasteiger partial charge in [0.25, 0.3) is 5.91 Å². The summed E-state index contributed by atoms with van der Waals surface area (Å²) in [6.45, 7) is 4.82. The molecule has 3 heterocycles. The summed E-state index contributed by atoms with van der Waals surface area (Å²) in [4.78, 5) is 27.3. The van der Waals surface area contributed by atoms with Crippen molar-refractivity contribution in [2.24, 2.45) is 5.92 Å². The van der Waals surface area contributed by atoms with Crippen LogP contribution in [0, 0.1) is 12.8 Å². The molecule has 2 amide bonds. The zero-order valence-electron chi connectivity index (χ0n) is 19.4. The van der Waals surface area contributed by atoms with Gasteiger partial charge in [-0.3, -0.25) is 9.59 Å². The first kappa shape index (κ1) is 22.9. The van der Waals surface area contributed by atoms with Crippen LogP contribution in [-0.4, -0.2) is 50.3 Å². The molecular weight excluding hydrogens is 454 g/mol. The van der Waals surface area contributed by atoms with Gasteiger partial charge in [-0.15, -0.1) is 0 Å². The number of fused-ring (bicyclic) bond motifs is 2.